The Morgan fingerprint density at radius 3 is 2.87 bits per heavy atom. The number of rotatable bonds is 2. The van der Waals surface area contributed by atoms with Crippen LogP contribution < -0.4 is 5.32 Å². The third kappa shape index (κ3) is 2.48. The molecule has 1 N–H and O–H groups in total. The van der Waals surface area contributed by atoms with Gasteiger partial charge in [-0.15, -0.1) is 0 Å². The second kappa shape index (κ2) is 4.19. The molecule has 0 spiro atoms. The van der Waals surface area contributed by atoms with E-state index >= 15 is 0 Å². The number of nitrogens with zero attached hydrogens (tertiary/aromatic N) is 1. The Kier molecular flexibility index (Phi) is 2.91. The molecule has 1 saturated heterocycles. The van der Waals surface area contributed by atoms with Crippen LogP contribution in [0.2, 0.25) is 0 Å². The van der Waals surface area contributed by atoms with Gasteiger partial charge in [0.05, 0.1) is 0 Å². The first kappa shape index (κ1) is 10.4. The fraction of sp³-hybridized carbons (Fsp3) is 0.500. The van der Waals surface area contributed by atoms with E-state index in [2.05, 4.69) is 17.3 Å². The van der Waals surface area contributed by atoms with E-state index in [1.807, 2.05) is 12.1 Å². The fourth-order valence-corrected chi connectivity index (χ4v) is 1.97. The number of hydrogen-bond acceptors (Lipinski definition) is 2. The van der Waals surface area contributed by atoms with Gasteiger partial charge in [-0.2, -0.15) is 0 Å². The molecule has 0 aromatic heterocycles. The normalized spacial score (nSPS) is 21.9. The van der Waals surface area contributed by atoms with E-state index in [1.54, 1.807) is 13.0 Å². The van der Waals surface area contributed by atoms with Crippen LogP contribution in [0.1, 0.15) is 12.0 Å². The summed E-state index contributed by atoms with van der Waals surface area (Å²) in [5.41, 5.74) is 1.59. The van der Waals surface area contributed by atoms with Crippen LogP contribution in [-0.4, -0.2) is 31.1 Å². The van der Waals surface area contributed by atoms with Crippen molar-refractivity contribution < 1.29 is 4.39 Å². The molecule has 1 fully saturated rings. The van der Waals surface area contributed by atoms with Crippen molar-refractivity contribution in [3.8, 4) is 0 Å². The lowest BCUT2D eigenvalue weighted by Crippen LogP contribution is -2.23. The zero-order valence-electron chi connectivity index (χ0n) is 9.26. The van der Waals surface area contributed by atoms with Gasteiger partial charge >= 0.3 is 0 Å². The lowest BCUT2D eigenvalue weighted by molar-refractivity contribution is 0.414. The topological polar surface area (TPSA) is 15.3 Å². The molecular formula is C12H17FN2. The number of nitrogens with one attached hydrogen (secondary N) is 1. The number of likely N-dealkylation sites (tertiary alicyclic amines) is 1. The molecule has 0 amide bonds. The van der Waals surface area contributed by atoms with Crippen molar-refractivity contribution in [2.24, 2.45) is 0 Å². The molecule has 2 nitrogen and oxygen atoms in total. The Morgan fingerprint density at radius 1 is 1.47 bits per heavy atom. The van der Waals surface area contributed by atoms with Gasteiger partial charge in [0.25, 0.3) is 0 Å². The first-order valence-corrected chi connectivity index (χ1v) is 5.36. The van der Waals surface area contributed by atoms with Crippen LogP contribution in [0.4, 0.5) is 10.1 Å². The maximum Gasteiger partial charge on any atom is 0.128 e. The van der Waals surface area contributed by atoms with Gasteiger partial charge in [0.1, 0.15) is 5.82 Å². The van der Waals surface area contributed by atoms with Gasteiger partial charge < -0.3 is 10.2 Å². The number of aryl methyl sites for hydroxylation is 1. The lowest BCUT2D eigenvalue weighted by Gasteiger charge is -2.14. The maximum absolute atomic E-state index is 13.3. The van der Waals surface area contributed by atoms with Crippen molar-refractivity contribution in [1.82, 2.24) is 4.90 Å². The second-order valence-electron chi connectivity index (χ2n) is 4.36. The molecule has 3 heteroatoms. The Morgan fingerprint density at radius 2 is 2.27 bits per heavy atom. The van der Waals surface area contributed by atoms with E-state index < -0.39 is 0 Å². The van der Waals surface area contributed by atoms with Crippen molar-refractivity contribution >= 4 is 5.69 Å². The Bertz CT molecular complexity index is 351. The van der Waals surface area contributed by atoms with E-state index in [0.717, 1.165) is 25.2 Å². The molecule has 1 atom stereocenters. The van der Waals surface area contributed by atoms with Crippen molar-refractivity contribution in [2.75, 3.05) is 25.5 Å². The molecule has 1 unspecified atom stereocenters. The highest BCUT2D eigenvalue weighted by Gasteiger charge is 2.18. The minimum absolute atomic E-state index is 0.133. The van der Waals surface area contributed by atoms with Gasteiger partial charge in [-0.05, 0) is 44.6 Å². The molecule has 0 aliphatic carbocycles. The summed E-state index contributed by atoms with van der Waals surface area (Å²) in [6, 6.07) is 5.79. The first-order chi connectivity index (χ1) is 7.15. The highest BCUT2D eigenvalue weighted by molar-refractivity contribution is 5.46. The molecule has 15 heavy (non-hydrogen) atoms. The zero-order valence-corrected chi connectivity index (χ0v) is 9.26. The van der Waals surface area contributed by atoms with E-state index in [4.69, 9.17) is 0 Å². The van der Waals surface area contributed by atoms with Crippen LogP contribution in [0, 0.1) is 12.7 Å². The maximum atomic E-state index is 13.3. The molecule has 0 radical (unpaired) electrons. The third-order valence-electron chi connectivity index (χ3n) is 2.93. The largest absolute Gasteiger partial charge is 0.381 e. The van der Waals surface area contributed by atoms with Crippen LogP contribution in [0.25, 0.3) is 0 Å². The van der Waals surface area contributed by atoms with Crippen LogP contribution in [0.5, 0.6) is 0 Å². The van der Waals surface area contributed by atoms with E-state index in [1.165, 1.54) is 0 Å². The summed E-state index contributed by atoms with van der Waals surface area (Å²) >= 11 is 0. The summed E-state index contributed by atoms with van der Waals surface area (Å²) in [4.78, 5) is 2.28. The molecule has 1 heterocycles. The predicted octanol–water partition coefficient (Wildman–Crippen LogP) is 2.25. The highest BCUT2D eigenvalue weighted by atomic mass is 19.1. The Labute approximate surface area is 90.1 Å². The molecule has 1 aliphatic rings. The van der Waals surface area contributed by atoms with Gasteiger partial charge in [0.15, 0.2) is 0 Å². The predicted molar refractivity (Wildman–Crippen MR) is 60.7 cm³/mol. The van der Waals surface area contributed by atoms with Gasteiger partial charge in [0.2, 0.25) is 0 Å². The van der Waals surface area contributed by atoms with Crippen molar-refractivity contribution in [2.45, 2.75) is 19.4 Å². The number of halogens is 1. The minimum Gasteiger partial charge on any atom is -0.381 e. The van der Waals surface area contributed by atoms with Crippen molar-refractivity contribution in [3.05, 3.63) is 29.6 Å². The molecule has 1 aromatic carbocycles. The van der Waals surface area contributed by atoms with Crippen molar-refractivity contribution in [3.63, 3.8) is 0 Å². The molecular weight excluding hydrogens is 191 g/mol. The number of benzene rings is 1. The number of likely N-dealkylation sites (N-methyl/N-ethyl adjacent to an activating group) is 1. The van der Waals surface area contributed by atoms with E-state index in [9.17, 15) is 4.39 Å². The molecule has 0 saturated carbocycles. The number of anilines is 1. The first-order valence-electron chi connectivity index (χ1n) is 5.36. The van der Waals surface area contributed by atoms with E-state index in [-0.39, 0.29) is 5.82 Å². The average molecular weight is 208 g/mol. The minimum atomic E-state index is -0.133. The van der Waals surface area contributed by atoms with Crippen LogP contribution in [0.3, 0.4) is 0 Å². The summed E-state index contributed by atoms with van der Waals surface area (Å²) in [5.74, 6) is -0.133. The van der Waals surface area contributed by atoms with E-state index in [0.29, 0.717) is 11.6 Å². The summed E-state index contributed by atoms with van der Waals surface area (Å²) in [6.07, 6.45) is 1.13. The van der Waals surface area contributed by atoms with Crippen LogP contribution >= 0.6 is 0 Å². The van der Waals surface area contributed by atoms with Gasteiger partial charge in [0, 0.05) is 18.3 Å². The van der Waals surface area contributed by atoms with Gasteiger partial charge in [-0.3, -0.25) is 0 Å². The SMILES string of the molecule is Cc1ccc(NC2CCN(C)C2)cc1F. The van der Waals surface area contributed by atoms with Crippen LogP contribution in [-0.2, 0) is 0 Å². The molecule has 0 bridgehead atoms. The fourth-order valence-electron chi connectivity index (χ4n) is 1.97. The lowest BCUT2D eigenvalue weighted by atomic mass is 10.2. The highest BCUT2D eigenvalue weighted by Crippen LogP contribution is 2.17. The Balaban J connectivity index is 2.02. The quantitative estimate of drug-likeness (QED) is 0.802. The van der Waals surface area contributed by atoms with Gasteiger partial charge in [-0.25, -0.2) is 4.39 Å². The average Bonchev–Trinajstić information content (AvgIpc) is 2.58. The Hall–Kier alpha value is -1.09. The molecule has 2 rings (SSSR count). The van der Waals surface area contributed by atoms with Crippen molar-refractivity contribution in [1.29, 1.82) is 0 Å². The summed E-state index contributed by atoms with van der Waals surface area (Å²) < 4.78 is 13.3. The summed E-state index contributed by atoms with van der Waals surface area (Å²) in [5, 5.41) is 3.36. The standard InChI is InChI=1S/C12H17FN2/c1-9-3-4-10(7-12(9)13)14-11-5-6-15(2)8-11/h3-4,7,11,14H,5-6,8H2,1-2H3. The third-order valence-corrected chi connectivity index (χ3v) is 2.93. The summed E-state index contributed by atoms with van der Waals surface area (Å²) in [6.45, 7) is 3.93. The second-order valence-corrected chi connectivity index (χ2v) is 4.36. The number of hydrogen-bond donors (Lipinski definition) is 1. The van der Waals surface area contributed by atoms with Crippen LogP contribution in [0.15, 0.2) is 18.2 Å². The zero-order chi connectivity index (χ0) is 10.8. The smallest absolute Gasteiger partial charge is 0.128 e. The molecule has 1 aromatic rings. The molecule has 1 aliphatic heterocycles. The summed E-state index contributed by atoms with van der Waals surface area (Å²) in [7, 11) is 2.11. The monoisotopic (exact) mass is 208 g/mol. The van der Waals surface area contributed by atoms with Gasteiger partial charge in [-0.1, -0.05) is 6.07 Å². The molecule has 82 valence electrons.